The van der Waals surface area contributed by atoms with E-state index in [0.717, 1.165) is 16.1 Å². The first-order valence-electron chi connectivity index (χ1n) is 10.7. The molecule has 0 aliphatic heterocycles. The number of carbonyl (C=O) groups excluding carboxylic acids is 1. The highest BCUT2D eigenvalue weighted by Crippen LogP contribution is 2.26. The number of amides is 1. The van der Waals surface area contributed by atoms with Crippen LogP contribution in [0.1, 0.15) is 36.7 Å². The largest absolute Gasteiger partial charge is 0.322 e. The average Bonchev–Trinajstić information content (AvgIpc) is 3.48. The first-order chi connectivity index (χ1) is 15.9. The molecule has 1 N–H and O–H groups in total. The summed E-state index contributed by atoms with van der Waals surface area (Å²) >= 11 is 1.60. The number of carbonyl (C=O) groups is 1. The molecule has 0 radical (unpaired) electrons. The lowest BCUT2D eigenvalue weighted by molar-refractivity contribution is 0.102. The molecule has 0 aliphatic carbocycles. The molecule has 7 heteroatoms. The van der Waals surface area contributed by atoms with Gasteiger partial charge < -0.3 is 5.32 Å². The summed E-state index contributed by atoms with van der Waals surface area (Å²) in [5.41, 5.74) is 4.92. The maximum Gasteiger partial charge on any atom is 0.255 e. The van der Waals surface area contributed by atoms with Crippen molar-refractivity contribution < 1.29 is 4.79 Å². The maximum absolute atomic E-state index is 12.8. The van der Waals surface area contributed by atoms with E-state index in [4.69, 9.17) is 5.10 Å². The molecule has 2 aromatic carbocycles. The van der Waals surface area contributed by atoms with E-state index < -0.39 is 0 Å². The zero-order valence-corrected chi connectivity index (χ0v) is 19.4. The third-order valence-corrected chi connectivity index (χ3v) is 6.30. The van der Waals surface area contributed by atoms with Crippen molar-refractivity contribution in [1.82, 2.24) is 19.8 Å². The summed E-state index contributed by atoms with van der Waals surface area (Å²) in [4.78, 5) is 13.8. The van der Waals surface area contributed by atoms with Gasteiger partial charge >= 0.3 is 0 Å². The third kappa shape index (κ3) is 4.27. The molecule has 0 atom stereocenters. The number of fused-ring (bicyclic) bond motifs is 1. The smallest absolute Gasteiger partial charge is 0.255 e. The van der Waals surface area contributed by atoms with Crippen molar-refractivity contribution in [2.75, 3.05) is 5.32 Å². The molecule has 0 saturated heterocycles. The molecule has 1 amide bonds. The minimum absolute atomic E-state index is 0.0472. The molecule has 0 saturated carbocycles. The number of rotatable bonds is 4. The monoisotopic (exact) mass is 453 g/mol. The van der Waals surface area contributed by atoms with E-state index in [1.165, 1.54) is 5.56 Å². The molecular formula is C26H23N5OS. The highest BCUT2D eigenvalue weighted by molar-refractivity contribution is 7.13. The van der Waals surface area contributed by atoms with Gasteiger partial charge in [-0.2, -0.15) is 9.61 Å². The number of thiophene rings is 1. The van der Waals surface area contributed by atoms with Gasteiger partial charge in [-0.1, -0.05) is 51.1 Å². The van der Waals surface area contributed by atoms with Crippen molar-refractivity contribution in [3.63, 3.8) is 0 Å². The Balaban J connectivity index is 1.41. The third-order valence-electron chi connectivity index (χ3n) is 5.43. The molecule has 0 unspecified atom stereocenters. The predicted molar refractivity (Wildman–Crippen MR) is 133 cm³/mol. The van der Waals surface area contributed by atoms with Crippen molar-refractivity contribution in [2.24, 2.45) is 0 Å². The zero-order valence-electron chi connectivity index (χ0n) is 18.6. The van der Waals surface area contributed by atoms with Crippen LogP contribution in [0.2, 0.25) is 0 Å². The molecule has 0 spiro atoms. The first kappa shape index (κ1) is 21.0. The summed E-state index contributed by atoms with van der Waals surface area (Å²) in [7, 11) is 0. The van der Waals surface area contributed by atoms with Gasteiger partial charge in [-0.05, 0) is 58.8 Å². The van der Waals surface area contributed by atoms with Crippen LogP contribution in [0.25, 0.3) is 27.6 Å². The van der Waals surface area contributed by atoms with Gasteiger partial charge in [0.2, 0.25) is 0 Å². The Morgan fingerprint density at radius 1 is 0.939 bits per heavy atom. The van der Waals surface area contributed by atoms with Crippen LogP contribution in [-0.2, 0) is 5.41 Å². The molecular weight excluding hydrogens is 430 g/mol. The SMILES string of the molecule is CC(C)(C)c1ccc(C(=O)Nc2cccc(-c3ccc4nnc(-c5cccs5)n4n3)c2)cc1. The van der Waals surface area contributed by atoms with Crippen molar-refractivity contribution in [3.8, 4) is 22.0 Å². The fraction of sp³-hybridized carbons (Fsp3) is 0.154. The number of benzene rings is 2. The Morgan fingerprint density at radius 3 is 2.48 bits per heavy atom. The van der Waals surface area contributed by atoms with Crippen molar-refractivity contribution in [1.29, 1.82) is 0 Å². The summed E-state index contributed by atoms with van der Waals surface area (Å²) in [6.07, 6.45) is 0. The van der Waals surface area contributed by atoms with Crippen LogP contribution < -0.4 is 5.32 Å². The Kier molecular flexibility index (Phi) is 5.26. The van der Waals surface area contributed by atoms with E-state index in [-0.39, 0.29) is 11.3 Å². The van der Waals surface area contributed by atoms with Gasteiger partial charge in [0, 0.05) is 16.8 Å². The van der Waals surface area contributed by atoms with Crippen LogP contribution in [0, 0.1) is 0 Å². The molecule has 0 fully saturated rings. The van der Waals surface area contributed by atoms with E-state index in [2.05, 4.69) is 36.3 Å². The number of nitrogens with zero attached hydrogens (tertiary/aromatic N) is 4. The number of hydrogen-bond acceptors (Lipinski definition) is 5. The van der Waals surface area contributed by atoms with Gasteiger partial charge in [-0.15, -0.1) is 21.5 Å². The lowest BCUT2D eigenvalue weighted by Crippen LogP contribution is -2.14. The lowest BCUT2D eigenvalue weighted by atomic mass is 9.87. The molecule has 5 rings (SSSR count). The van der Waals surface area contributed by atoms with Crippen molar-refractivity contribution in [2.45, 2.75) is 26.2 Å². The molecule has 6 nitrogen and oxygen atoms in total. The Bertz CT molecular complexity index is 1430. The van der Waals surface area contributed by atoms with Crippen LogP contribution in [0.3, 0.4) is 0 Å². The minimum atomic E-state index is -0.144. The van der Waals surface area contributed by atoms with Crippen molar-refractivity contribution in [3.05, 3.63) is 89.3 Å². The Labute approximate surface area is 195 Å². The molecule has 0 bridgehead atoms. The standard InChI is InChI=1S/C26H23N5OS/c1-26(2,3)19-11-9-17(10-12-19)25(32)27-20-7-4-6-18(16-20)21-13-14-23-28-29-24(31(23)30-21)22-8-5-15-33-22/h4-16H,1-3H3,(H,27,32). The van der Waals surface area contributed by atoms with Crippen LogP contribution in [0.15, 0.2) is 78.2 Å². The van der Waals surface area contributed by atoms with Gasteiger partial charge in [-0.25, -0.2) is 0 Å². The second-order valence-electron chi connectivity index (χ2n) is 8.85. The van der Waals surface area contributed by atoms with Gasteiger partial charge in [0.25, 0.3) is 5.91 Å². The van der Waals surface area contributed by atoms with E-state index in [0.29, 0.717) is 22.7 Å². The minimum Gasteiger partial charge on any atom is -0.322 e. The first-order valence-corrected chi connectivity index (χ1v) is 11.6. The number of anilines is 1. The normalized spacial score (nSPS) is 11.6. The number of aromatic nitrogens is 4. The van der Waals surface area contributed by atoms with Gasteiger partial charge in [0.1, 0.15) is 0 Å². The van der Waals surface area contributed by atoms with Crippen LogP contribution >= 0.6 is 11.3 Å². The van der Waals surface area contributed by atoms with Gasteiger partial charge in [0.15, 0.2) is 11.5 Å². The summed E-state index contributed by atoms with van der Waals surface area (Å²) in [6, 6.07) is 23.2. The zero-order chi connectivity index (χ0) is 23.0. The fourth-order valence-electron chi connectivity index (χ4n) is 3.58. The topological polar surface area (TPSA) is 72.2 Å². The second-order valence-corrected chi connectivity index (χ2v) is 9.80. The number of hydrogen-bond donors (Lipinski definition) is 1. The Morgan fingerprint density at radius 2 is 1.76 bits per heavy atom. The van der Waals surface area contributed by atoms with E-state index in [1.807, 2.05) is 78.2 Å². The van der Waals surface area contributed by atoms with Crippen LogP contribution in [-0.4, -0.2) is 25.7 Å². The van der Waals surface area contributed by atoms with Gasteiger partial charge in [-0.3, -0.25) is 4.79 Å². The summed E-state index contributed by atoms with van der Waals surface area (Å²) in [6.45, 7) is 6.46. The van der Waals surface area contributed by atoms with Gasteiger partial charge in [0.05, 0.1) is 10.6 Å². The van der Waals surface area contributed by atoms with E-state index in [9.17, 15) is 4.79 Å². The van der Waals surface area contributed by atoms with Crippen molar-refractivity contribution >= 4 is 28.6 Å². The highest BCUT2D eigenvalue weighted by Gasteiger charge is 2.15. The average molecular weight is 454 g/mol. The Hall–Kier alpha value is -3.84. The van der Waals surface area contributed by atoms with Crippen LogP contribution in [0.4, 0.5) is 5.69 Å². The predicted octanol–water partition coefficient (Wildman–Crippen LogP) is 6.07. The molecule has 3 aromatic heterocycles. The van der Waals surface area contributed by atoms with Crippen LogP contribution in [0.5, 0.6) is 0 Å². The summed E-state index contributed by atoms with van der Waals surface area (Å²) in [5, 5.41) is 18.3. The maximum atomic E-state index is 12.8. The molecule has 5 aromatic rings. The fourth-order valence-corrected chi connectivity index (χ4v) is 4.28. The highest BCUT2D eigenvalue weighted by atomic mass is 32.1. The molecule has 0 aliphatic rings. The molecule has 3 heterocycles. The quantitative estimate of drug-likeness (QED) is 0.358. The van der Waals surface area contributed by atoms with E-state index in [1.54, 1.807) is 15.9 Å². The lowest BCUT2D eigenvalue weighted by Gasteiger charge is -2.19. The number of nitrogens with one attached hydrogen (secondary N) is 1. The summed E-state index contributed by atoms with van der Waals surface area (Å²) in [5.74, 6) is 0.569. The molecule has 33 heavy (non-hydrogen) atoms. The van der Waals surface area contributed by atoms with E-state index >= 15 is 0 Å². The second kappa shape index (κ2) is 8.26. The summed E-state index contributed by atoms with van der Waals surface area (Å²) < 4.78 is 1.75. The molecule has 164 valence electrons.